The summed E-state index contributed by atoms with van der Waals surface area (Å²) < 4.78 is 33.2. The summed E-state index contributed by atoms with van der Waals surface area (Å²) in [5.74, 6) is -2.59. The molecular weight excluding hydrogens is 480 g/mol. The van der Waals surface area contributed by atoms with Gasteiger partial charge in [0.05, 0.1) is 19.3 Å². The molecule has 0 saturated heterocycles. The summed E-state index contributed by atoms with van der Waals surface area (Å²) in [6.45, 7) is -0.106. The van der Waals surface area contributed by atoms with Crippen molar-refractivity contribution in [3.63, 3.8) is 0 Å². The van der Waals surface area contributed by atoms with Crippen molar-refractivity contribution in [2.45, 2.75) is 18.5 Å². The van der Waals surface area contributed by atoms with E-state index in [4.69, 9.17) is 16.3 Å². The number of rotatable bonds is 5. The summed E-state index contributed by atoms with van der Waals surface area (Å²) in [5.41, 5.74) is -0.603. The molecule has 1 atom stereocenters. The van der Waals surface area contributed by atoms with E-state index in [1.165, 1.54) is 25.3 Å². The van der Waals surface area contributed by atoms with Crippen LogP contribution in [0.15, 0.2) is 77.7 Å². The lowest BCUT2D eigenvalue weighted by atomic mass is 9.91. The van der Waals surface area contributed by atoms with E-state index in [0.717, 1.165) is 4.31 Å². The maximum atomic E-state index is 13.7. The number of aliphatic hydroxyl groups excluding tert-OH is 1. The predicted molar refractivity (Wildman–Crippen MR) is 128 cm³/mol. The van der Waals surface area contributed by atoms with Gasteiger partial charge in [-0.2, -0.15) is 0 Å². The molecule has 1 unspecified atom stereocenters. The number of benzene rings is 2. The minimum atomic E-state index is -4.52. The molecule has 8 nitrogen and oxygen atoms in total. The molecule has 1 heterocycles. The maximum Gasteiger partial charge on any atom is 0.336 e. The number of ether oxygens (including phenoxy) is 1. The zero-order valence-electron chi connectivity index (χ0n) is 18.1. The Morgan fingerprint density at radius 1 is 1.15 bits per heavy atom. The molecule has 2 aliphatic rings. The number of aliphatic hydroxyl groups is 1. The molecule has 176 valence electrons. The number of carbonyl (C=O) groups excluding carboxylic acids is 2. The van der Waals surface area contributed by atoms with Crippen LogP contribution in [0.2, 0.25) is 5.02 Å². The third kappa shape index (κ3) is 4.08. The number of amides is 1. The first-order chi connectivity index (χ1) is 16.2. The molecule has 0 fully saturated rings. The summed E-state index contributed by atoms with van der Waals surface area (Å²) in [7, 11) is -3.35. The zero-order valence-corrected chi connectivity index (χ0v) is 19.6. The van der Waals surface area contributed by atoms with Crippen LogP contribution in [0.25, 0.3) is 5.76 Å². The van der Waals surface area contributed by atoms with Gasteiger partial charge in [0.15, 0.2) is 16.2 Å². The fraction of sp³-hybridized carbons (Fsp3) is 0.167. The van der Waals surface area contributed by atoms with E-state index < -0.39 is 38.1 Å². The number of carbonyl (C=O) groups is 2. The number of hydrogen-bond donors (Lipinski definition) is 2. The van der Waals surface area contributed by atoms with Crippen molar-refractivity contribution >= 4 is 44.9 Å². The van der Waals surface area contributed by atoms with E-state index in [9.17, 15) is 23.1 Å². The molecule has 2 N–H and O–H groups in total. The van der Waals surface area contributed by atoms with Gasteiger partial charge in [-0.25, -0.2) is 13.2 Å². The van der Waals surface area contributed by atoms with Crippen LogP contribution in [0.5, 0.6) is 0 Å². The fourth-order valence-electron chi connectivity index (χ4n) is 3.88. The van der Waals surface area contributed by atoms with E-state index in [1.807, 2.05) is 0 Å². The first kappa shape index (κ1) is 23.6. The summed E-state index contributed by atoms with van der Waals surface area (Å²) in [6, 6.07) is 12.9. The second-order valence-electron chi connectivity index (χ2n) is 7.74. The Hall–Kier alpha value is -3.56. The molecule has 4 rings (SSSR count). The lowest BCUT2D eigenvalue weighted by molar-refractivity contribution is -0.148. The average molecular weight is 501 g/mol. The average Bonchev–Trinajstić information content (AvgIpc) is 2.82. The SMILES string of the molecule is COC(=O)C1(NC(=O)C2=C(O)c3ccccc3N(Cc3ccc(Cl)cc3)S2(=O)=O)C=CC=CC1. The monoisotopic (exact) mass is 500 g/mol. The number of methoxy groups -OCH3 is 1. The smallest absolute Gasteiger partial charge is 0.336 e. The third-order valence-electron chi connectivity index (χ3n) is 5.59. The Bertz CT molecular complexity index is 1350. The van der Waals surface area contributed by atoms with Gasteiger partial charge in [0.1, 0.15) is 0 Å². The normalized spacial score (nSPS) is 20.6. The second kappa shape index (κ2) is 9.00. The molecule has 2 aromatic rings. The van der Waals surface area contributed by atoms with Crippen LogP contribution in [0, 0.1) is 0 Å². The van der Waals surface area contributed by atoms with Gasteiger partial charge in [-0.15, -0.1) is 0 Å². The molecule has 0 spiro atoms. The second-order valence-corrected chi connectivity index (χ2v) is 9.98. The first-order valence-electron chi connectivity index (χ1n) is 10.2. The van der Waals surface area contributed by atoms with Crippen molar-refractivity contribution in [2.75, 3.05) is 11.4 Å². The van der Waals surface area contributed by atoms with E-state index in [2.05, 4.69) is 5.32 Å². The van der Waals surface area contributed by atoms with E-state index >= 15 is 0 Å². The van der Waals surface area contributed by atoms with Crippen LogP contribution in [0.4, 0.5) is 5.69 Å². The highest BCUT2D eigenvalue weighted by Crippen LogP contribution is 2.39. The number of fused-ring (bicyclic) bond motifs is 1. The number of hydrogen-bond acceptors (Lipinski definition) is 6. The molecule has 0 aromatic heterocycles. The van der Waals surface area contributed by atoms with E-state index in [1.54, 1.807) is 54.6 Å². The lowest BCUT2D eigenvalue weighted by Gasteiger charge is -2.34. The minimum absolute atomic E-state index is 0.0566. The molecule has 2 aromatic carbocycles. The van der Waals surface area contributed by atoms with Gasteiger partial charge in [-0.05, 0) is 35.9 Å². The molecule has 0 bridgehead atoms. The van der Waals surface area contributed by atoms with Crippen LogP contribution >= 0.6 is 11.6 Å². The van der Waals surface area contributed by atoms with Crippen molar-refractivity contribution in [3.05, 3.63) is 93.9 Å². The predicted octanol–water partition coefficient (Wildman–Crippen LogP) is 3.46. The van der Waals surface area contributed by atoms with Crippen LogP contribution < -0.4 is 9.62 Å². The van der Waals surface area contributed by atoms with Gasteiger partial charge in [0.2, 0.25) is 0 Å². The maximum absolute atomic E-state index is 13.7. The van der Waals surface area contributed by atoms with Crippen LogP contribution in [0.1, 0.15) is 17.5 Å². The summed E-state index contributed by atoms with van der Waals surface area (Å²) in [4.78, 5) is 25.0. The highest BCUT2D eigenvalue weighted by atomic mass is 35.5. The zero-order chi connectivity index (χ0) is 24.5. The molecule has 10 heteroatoms. The Labute approximate surface area is 201 Å². The van der Waals surface area contributed by atoms with Crippen LogP contribution in [0.3, 0.4) is 0 Å². The van der Waals surface area contributed by atoms with Crippen molar-refractivity contribution in [1.82, 2.24) is 5.32 Å². The van der Waals surface area contributed by atoms with Gasteiger partial charge in [0.25, 0.3) is 15.9 Å². The topological polar surface area (TPSA) is 113 Å². The summed E-state index contributed by atoms with van der Waals surface area (Å²) in [6.07, 6.45) is 6.35. The van der Waals surface area contributed by atoms with Crippen LogP contribution in [-0.2, 0) is 30.9 Å². The third-order valence-corrected chi connectivity index (χ3v) is 7.64. The molecule has 34 heavy (non-hydrogen) atoms. The largest absolute Gasteiger partial charge is 0.506 e. The quantitative estimate of drug-likeness (QED) is 0.608. The molecule has 0 radical (unpaired) electrons. The van der Waals surface area contributed by atoms with Gasteiger partial charge in [-0.1, -0.05) is 54.1 Å². The van der Waals surface area contributed by atoms with Gasteiger partial charge in [-0.3, -0.25) is 9.10 Å². The Morgan fingerprint density at radius 3 is 2.50 bits per heavy atom. The molecule has 1 aliphatic carbocycles. The minimum Gasteiger partial charge on any atom is -0.506 e. The molecule has 1 amide bonds. The number of esters is 1. The van der Waals surface area contributed by atoms with Crippen molar-refractivity contribution in [1.29, 1.82) is 0 Å². The molecule has 0 saturated carbocycles. The standard InChI is InChI=1S/C24H21ClN2O6S/c1-33-23(30)24(13-5-2-6-14-24)26-22(29)21-20(28)18-7-3-4-8-19(18)27(34(21,31)32)15-16-9-11-17(25)12-10-16/h2-13,28H,14-15H2,1H3,(H,26,29). The number of sulfonamides is 1. The van der Waals surface area contributed by atoms with Crippen molar-refractivity contribution in [2.24, 2.45) is 0 Å². The fourth-order valence-corrected chi connectivity index (χ4v) is 5.61. The number of allylic oxidation sites excluding steroid dienone is 2. The Kier molecular flexibility index (Phi) is 6.24. The van der Waals surface area contributed by atoms with Gasteiger partial charge < -0.3 is 15.2 Å². The summed E-state index contributed by atoms with van der Waals surface area (Å²) in [5, 5.41) is 13.9. The Balaban J connectivity index is 1.79. The number of halogens is 1. The van der Waals surface area contributed by atoms with Crippen molar-refractivity contribution < 1.29 is 27.9 Å². The van der Waals surface area contributed by atoms with E-state index in [-0.39, 0.29) is 24.2 Å². The van der Waals surface area contributed by atoms with Gasteiger partial charge in [0, 0.05) is 17.0 Å². The number of anilines is 1. The summed E-state index contributed by atoms with van der Waals surface area (Å²) >= 11 is 5.95. The lowest BCUT2D eigenvalue weighted by Crippen LogP contribution is -2.55. The number of nitrogens with zero attached hydrogens (tertiary/aromatic N) is 1. The Morgan fingerprint density at radius 2 is 1.85 bits per heavy atom. The highest BCUT2D eigenvalue weighted by Gasteiger charge is 2.45. The van der Waals surface area contributed by atoms with Crippen LogP contribution in [-0.4, -0.2) is 38.0 Å². The highest BCUT2D eigenvalue weighted by molar-refractivity contribution is 7.97. The number of nitrogens with one attached hydrogen (secondary N) is 1. The van der Waals surface area contributed by atoms with E-state index in [0.29, 0.717) is 10.6 Å². The first-order valence-corrected chi connectivity index (χ1v) is 12.1. The molecular formula is C24H21ClN2O6S. The number of para-hydroxylation sites is 1. The molecule has 1 aliphatic heterocycles. The van der Waals surface area contributed by atoms with Gasteiger partial charge >= 0.3 is 5.97 Å². The van der Waals surface area contributed by atoms with Crippen molar-refractivity contribution in [3.8, 4) is 0 Å².